The van der Waals surface area contributed by atoms with Crippen molar-refractivity contribution < 1.29 is 19.4 Å². The van der Waals surface area contributed by atoms with Crippen LogP contribution in [0.3, 0.4) is 0 Å². The van der Waals surface area contributed by atoms with Gasteiger partial charge in [-0.05, 0) is 19.4 Å². The highest BCUT2D eigenvalue weighted by atomic mass is 16.5. The van der Waals surface area contributed by atoms with Crippen molar-refractivity contribution in [1.82, 2.24) is 9.80 Å². The van der Waals surface area contributed by atoms with Crippen molar-refractivity contribution in [2.75, 3.05) is 45.9 Å². The summed E-state index contributed by atoms with van der Waals surface area (Å²) in [6.45, 7) is 4.14. The standard InChI is InChI=1S/C12H20N2O4/c15-11(14-4-6-18-7-5-14)9-13-3-1-2-10(8-13)12(16)17/h10H,1-9H2,(H,16,17). The smallest absolute Gasteiger partial charge is 0.307 e. The molecule has 0 aliphatic carbocycles. The second-order valence-electron chi connectivity index (χ2n) is 4.91. The monoisotopic (exact) mass is 256 g/mol. The van der Waals surface area contributed by atoms with Crippen LogP contribution >= 0.6 is 0 Å². The second-order valence-corrected chi connectivity index (χ2v) is 4.91. The molecule has 1 amide bonds. The summed E-state index contributed by atoms with van der Waals surface area (Å²) < 4.78 is 5.20. The summed E-state index contributed by atoms with van der Waals surface area (Å²) in [5.74, 6) is -0.987. The van der Waals surface area contributed by atoms with Crippen LogP contribution in [0.5, 0.6) is 0 Å². The molecule has 0 aromatic carbocycles. The Bertz CT molecular complexity index is 315. The number of carbonyl (C=O) groups excluding carboxylic acids is 1. The number of morpholine rings is 1. The molecular weight excluding hydrogens is 236 g/mol. The van der Waals surface area contributed by atoms with E-state index in [0.29, 0.717) is 39.4 Å². The van der Waals surface area contributed by atoms with Crippen LogP contribution in [0.1, 0.15) is 12.8 Å². The van der Waals surface area contributed by atoms with Crippen LogP contribution in [0.2, 0.25) is 0 Å². The molecule has 2 aliphatic rings. The maximum atomic E-state index is 12.0. The predicted octanol–water partition coefficient (Wildman–Crippen LogP) is -0.358. The van der Waals surface area contributed by atoms with Crippen LogP contribution < -0.4 is 0 Å². The molecule has 2 saturated heterocycles. The Kier molecular flexibility index (Phi) is 4.54. The number of nitrogens with zero attached hydrogens (tertiary/aromatic N) is 2. The molecule has 0 aromatic heterocycles. The molecule has 1 N–H and O–H groups in total. The molecule has 0 radical (unpaired) electrons. The first-order chi connectivity index (χ1) is 8.66. The fraction of sp³-hybridized carbons (Fsp3) is 0.833. The maximum absolute atomic E-state index is 12.0. The second kappa shape index (κ2) is 6.15. The molecule has 0 bridgehead atoms. The number of likely N-dealkylation sites (tertiary alicyclic amines) is 1. The van der Waals surface area contributed by atoms with Crippen molar-refractivity contribution in [2.45, 2.75) is 12.8 Å². The highest BCUT2D eigenvalue weighted by Gasteiger charge is 2.27. The van der Waals surface area contributed by atoms with E-state index in [4.69, 9.17) is 9.84 Å². The molecule has 102 valence electrons. The molecule has 0 spiro atoms. The third-order valence-corrected chi connectivity index (χ3v) is 3.58. The fourth-order valence-electron chi connectivity index (χ4n) is 2.50. The van der Waals surface area contributed by atoms with E-state index in [2.05, 4.69) is 0 Å². The van der Waals surface area contributed by atoms with Gasteiger partial charge in [0, 0.05) is 19.6 Å². The molecule has 6 heteroatoms. The van der Waals surface area contributed by atoms with Crippen molar-refractivity contribution in [2.24, 2.45) is 5.92 Å². The number of amides is 1. The zero-order valence-electron chi connectivity index (χ0n) is 10.5. The highest BCUT2D eigenvalue weighted by molar-refractivity contribution is 5.78. The van der Waals surface area contributed by atoms with E-state index in [-0.39, 0.29) is 11.8 Å². The molecule has 1 unspecified atom stereocenters. The van der Waals surface area contributed by atoms with Gasteiger partial charge >= 0.3 is 5.97 Å². The fourth-order valence-corrected chi connectivity index (χ4v) is 2.50. The molecule has 1 atom stereocenters. The topological polar surface area (TPSA) is 70.1 Å². The quantitative estimate of drug-likeness (QED) is 0.747. The number of hydrogen-bond donors (Lipinski definition) is 1. The van der Waals surface area contributed by atoms with Crippen LogP contribution in [0.15, 0.2) is 0 Å². The Balaban J connectivity index is 1.81. The van der Waals surface area contributed by atoms with Crippen LogP contribution in [-0.4, -0.2) is 72.7 Å². The van der Waals surface area contributed by atoms with Crippen LogP contribution in [0.25, 0.3) is 0 Å². The number of carbonyl (C=O) groups is 2. The van der Waals surface area contributed by atoms with E-state index in [1.54, 1.807) is 4.90 Å². The molecule has 2 aliphatic heterocycles. The number of carboxylic acids is 1. The zero-order chi connectivity index (χ0) is 13.0. The molecular formula is C12H20N2O4. The lowest BCUT2D eigenvalue weighted by Gasteiger charge is -2.33. The van der Waals surface area contributed by atoms with E-state index in [1.807, 2.05) is 4.90 Å². The minimum atomic E-state index is -0.751. The van der Waals surface area contributed by atoms with Crippen molar-refractivity contribution in [3.05, 3.63) is 0 Å². The summed E-state index contributed by atoms with van der Waals surface area (Å²) in [4.78, 5) is 26.7. The van der Waals surface area contributed by atoms with Crippen molar-refractivity contribution >= 4 is 11.9 Å². The van der Waals surface area contributed by atoms with Crippen LogP contribution in [0.4, 0.5) is 0 Å². The van der Waals surface area contributed by atoms with Crippen LogP contribution in [-0.2, 0) is 14.3 Å². The van der Waals surface area contributed by atoms with Gasteiger partial charge < -0.3 is 14.7 Å². The third kappa shape index (κ3) is 3.43. The van der Waals surface area contributed by atoms with Gasteiger partial charge in [-0.1, -0.05) is 0 Å². The van der Waals surface area contributed by atoms with Gasteiger partial charge in [0.2, 0.25) is 5.91 Å². The molecule has 18 heavy (non-hydrogen) atoms. The van der Waals surface area contributed by atoms with E-state index < -0.39 is 5.97 Å². The minimum Gasteiger partial charge on any atom is -0.481 e. The van der Waals surface area contributed by atoms with Crippen molar-refractivity contribution in [3.8, 4) is 0 Å². The third-order valence-electron chi connectivity index (χ3n) is 3.58. The first kappa shape index (κ1) is 13.3. The molecule has 2 fully saturated rings. The number of rotatable bonds is 3. The SMILES string of the molecule is O=C(O)C1CCCN(CC(=O)N2CCOCC2)C1. The number of hydrogen-bond acceptors (Lipinski definition) is 4. The van der Waals surface area contributed by atoms with Gasteiger partial charge in [0.05, 0.1) is 25.7 Å². The Labute approximate surface area is 106 Å². The summed E-state index contributed by atoms with van der Waals surface area (Å²) in [6, 6.07) is 0. The summed E-state index contributed by atoms with van der Waals surface area (Å²) >= 11 is 0. The Morgan fingerprint density at radius 2 is 1.94 bits per heavy atom. The first-order valence-electron chi connectivity index (χ1n) is 6.47. The lowest BCUT2D eigenvalue weighted by atomic mass is 9.98. The van der Waals surface area contributed by atoms with E-state index in [1.165, 1.54) is 0 Å². The Morgan fingerprint density at radius 1 is 1.22 bits per heavy atom. The average molecular weight is 256 g/mol. The van der Waals surface area contributed by atoms with Gasteiger partial charge in [0.1, 0.15) is 0 Å². The zero-order valence-corrected chi connectivity index (χ0v) is 10.5. The van der Waals surface area contributed by atoms with Gasteiger partial charge in [0.15, 0.2) is 0 Å². The number of aliphatic carboxylic acids is 1. The van der Waals surface area contributed by atoms with E-state index >= 15 is 0 Å². The van der Waals surface area contributed by atoms with E-state index in [0.717, 1.165) is 19.4 Å². The summed E-state index contributed by atoms with van der Waals surface area (Å²) in [6.07, 6.45) is 1.57. The maximum Gasteiger partial charge on any atom is 0.307 e. The Hall–Kier alpha value is -1.14. The predicted molar refractivity (Wildman–Crippen MR) is 64.2 cm³/mol. The summed E-state index contributed by atoms with van der Waals surface area (Å²) in [5.41, 5.74) is 0. The number of piperidine rings is 1. The lowest BCUT2D eigenvalue weighted by molar-refractivity contribution is -0.145. The number of ether oxygens (including phenoxy) is 1. The molecule has 0 aromatic rings. The molecule has 0 saturated carbocycles. The largest absolute Gasteiger partial charge is 0.481 e. The lowest BCUT2D eigenvalue weighted by Crippen LogP contribution is -2.48. The normalized spacial score (nSPS) is 26.0. The minimum absolute atomic E-state index is 0.0874. The Morgan fingerprint density at radius 3 is 2.61 bits per heavy atom. The molecule has 2 rings (SSSR count). The van der Waals surface area contributed by atoms with Gasteiger partial charge in [-0.15, -0.1) is 0 Å². The number of carboxylic acid groups (broad SMARTS) is 1. The van der Waals surface area contributed by atoms with Gasteiger partial charge in [0.25, 0.3) is 0 Å². The summed E-state index contributed by atoms with van der Waals surface area (Å²) in [7, 11) is 0. The summed E-state index contributed by atoms with van der Waals surface area (Å²) in [5, 5.41) is 9.00. The van der Waals surface area contributed by atoms with Crippen molar-refractivity contribution in [1.29, 1.82) is 0 Å². The van der Waals surface area contributed by atoms with Gasteiger partial charge in [-0.2, -0.15) is 0 Å². The van der Waals surface area contributed by atoms with Gasteiger partial charge in [-0.3, -0.25) is 14.5 Å². The average Bonchev–Trinajstić information content (AvgIpc) is 2.40. The van der Waals surface area contributed by atoms with Gasteiger partial charge in [-0.25, -0.2) is 0 Å². The van der Waals surface area contributed by atoms with Crippen LogP contribution in [0, 0.1) is 5.92 Å². The molecule has 6 nitrogen and oxygen atoms in total. The first-order valence-corrected chi connectivity index (χ1v) is 6.47. The molecule has 2 heterocycles. The highest BCUT2D eigenvalue weighted by Crippen LogP contribution is 2.16. The van der Waals surface area contributed by atoms with Crippen molar-refractivity contribution in [3.63, 3.8) is 0 Å². The van der Waals surface area contributed by atoms with E-state index in [9.17, 15) is 9.59 Å².